The van der Waals surface area contributed by atoms with Gasteiger partial charge in [0.1, 0.15) is 0 Å². The van der Waals surface area contributed by atoms with Crippen molar-refractivity contribution in [2.75, 3.05) is 0 Å². The minimum Gasteiger partial charge on any atom is -0.264 e. The maximum absolute atomic E-state index is 4.68. The van der Waals surface area contributed by atoms with E-state index in [4.69, 9.17) is 0 Å². The van der Waals surface area contributed by atoms with E-state index in [-0.39, 0.29) is 5.54 Å². The van der Waals surface area contributed by atoms with E-state index in [2.05, 4.69) is 58.2 Å². The molecule has 1 rings (SSSR count). The van der Waals surface area contributed by atoms with E-state index in [9.17, 15) is 0 Å². The molecule has 0 atom stereocenters. The molecule has 1 aromatic rings. The first kappa shape index (κ1) is 13.3. The van der Waals surface area contributed by atoms with Crippen LogP contribution in [0.3, 0.4) is 0 Å². The molecule has 1 heterocycles. The van der Waals surface area contributed by atoms with Crippen LogP contribution in [0.2, 0.25) is 0 Å². The second-order valence-electron chi connectivity index (χ2n) is 6.16. The van der Waals surface area contributed by atoms with E-state index in [1.54, 1.807) is 0 Å². The number of hydrogen-bond acceptors (Lipinski definition) is 1. The van der Waals surface area contributed by atoms with Crippen LogP contribution in [0.15, 0.2) is 0 Å². The molecule has 0 N–H and O–H groups in total. The van der Waals surface area contributed by atoms with Crippen molar-refractivity contribution in [3.05, 3.63) is 17.0 Å². The molecule has 0 aliphatic rings. The van der Waals surface area contributed by atoms with Crippen molar-refractivity contribution in [2.45, 2.75) is 66.8 Å². The zero-order valence-electron chi connectivity index (χ0n) is 11.9. The summed E-state index contributed by atoms with van der Waals surface area (Å²) in [7, 11) is 0. The fraction of sp³-hybridized carbons (Fsp3) is 0.786. The Hall–Kier alpha value is -0.790. The summed E-state index contributed by atoms with van der Waals surface area (Å²) in [6, 6.07) is 0. The van der Waals surface area contributed by atoms with Crippen LogP contribution in [0, 0.1) is 19.8 Å². The highest BCUT2D eigenvalue weighted by atomic mass is 15.3. The highest BCUT2D eigenvalue weighted by Crippen LogP contribution is 2.23. The van der Waals surface area contributed by atoms with Crippen LogP contribution in [0.4, 0.5) is 0 Å². The molecule has 0 fully saturated rings. The number of aryl methyl sites for hydroxylation is 1. The van der Waals surface area contributed by atoms with Gasteiger partial charge in [-0.25, -0.2) is 0 Å². The molecule has 2 heteroatoms. The van der Waals surface area contributed by atoms with Crippen LogP contribution in [0.1, 0.15) is 58.0 Å². The molecular formula is C14H26N2. The number of hydrogen-bond donors (Lipinski definition) is 0. The van der Waals surface area contributed by atoms with Crippen molar-refractivity contribution in [3.63, 3.8) is 0 Å². The van der Waals surface area contributed by atoms with Gasteiger partial charge in [-0.15, -0.1) is 0 Å². The summed E-state index contributed by atoms with van der Waals surface area (Å²) in [6.07, 6.45) is 2.41. The van der Waals surface area contributed by atoms with Gasteiger partial charge >= 0.3 is 0 Å². The molecule has 0 aromatic carbocycles. The van der Waals surface area contributed by atoms with Crippen molar-refractivity contribution >= 4 is 0 Å². The third kappa shape index (κ3) is 2.87. The minimum atomic E-state index is 0.0882. The molecule has 0 unspecified atom stereocenters. The molecule has 0 bridgehead atoms. The van der Waals surface area contributed by atoms with Crippen molar-refractivity contribution in [1.82, 2.24) is 9.78 Å². The Labute approximate surface area is 100 Å². The summed E-state index contributed by atoms with van der Waals surface area (Å²) >= 11 is 0. The highest BCUT2D eigenvalue weighted by Gasteiger charge is 2.20. The average Bonchev–Trinajstić information content (AvgIpc) is 2.38. The van der Waals surface area contributed by atoms with E-state index in [0.29, 0.717) is 0 Å². The molecule has 2 nitrogen and oxygen atoms in total. The van der Waals surface area contributed by atoms with Crippen molar-refractivity contribution in [3.8, 4) is 0 Å². The smallest absolute Gasteiger partial charge is 0.0628 e. The summed E-state index contributed by atoms with van der Waals surface area (Å²) in [5.74, 6) is 0.761. The molecule has 92 valence electrons. The normalized spacial score (nSPS) is 12.5. The van der Waals surface area contributed by atoms with Gasteiger partial charge in [0.15, 0.2) is 0 Å². The van der Waals surface area contributed by atoms with Gasteiger partial charge in [-0.05, 0) is 58.9 Å². The lowest BCUT2D eigenvalue weighted by atomic mass is 10.0. The Bertz CT molecular complexity index is 354. The lowest BCUT2D eigenvalue weighted by Crippen LogP contribution is -2.24. The Morgan fingerprint density at radius 1 is 1.19 bits per heavy atom. The zero-order chi connectivity index (χ0) is 12.5. The van der Waals surface area contributed by atoms with Crippen LogP contribution in [-0.4, -0.2) is 9.78 Å². The van der Waals surface area contributed by atoms with Crippen LogP contribution >= 0.6 is 0 Å². The van der Waals surface area contributed by atoms with Crippen LogP contribution < -0.4 is 0 Å². The predicted octanol–water partition coefficient (Wildman–Crippen LogP) is 3.84. The molecule has 16 heavy (non-hydrogen) atoms. The van der Waals surface area contributed by atoms with Crippen molar-refractivity contribution in [2.24, 2.45) is 5.92 Å². The first-order valence-corrected chi connectivity index (χ1v) is 6.29. The molecule has 0 radical (unpaired) electrons. The van der Waals surface area contributed by atoms with Gasteiger partial charge in [-0.2, -0.15) is 5.10 Å². The van der Waals surface area contributed by atoms with Crippen molar-refractivity contribution < 1.29 is 0 Å². The molecule has 0 saturated heterocycles. The van der Waals surface area contributed by atoms with Crippen LogP contribution in [0.25, 0.3) is 0 Å². The third-order valence-corrected chi connectivity index (χ3v) is 3.05. The fourth-order valence-corrected chi connectivity index (χ4v) is 2.12. The molecule has 0 aliphatic carbocycles. The Balaban J connectivity index is 2.99. The van der Waals surface area contributed by atoms with Gasteiger partial charge in [-0.3, -0.25) is 4.68 Å². The number of rotatable bonds is 3. The predicted molar refractivity (Wildman–Crippen MR) is 69.9 cm³/mol. The van der Waals surface area contributed by atoms with E-state index in [1.165, 1.54) is 23.4 Å². The van der Waals surface area contributed by atoms with Gasteiger partial charge < -0.3 is 0 Å². The van der Waals surface area contributed by atoms with E-state index >= 15 is 0 Å². The van der Waals surface area contributed by atoms with Gasteiger partial charge in [0.2, 0.25) is 0 Å². The first-order chi connectivity index (χ1) is 7.23. The Kier molecular flexibility index (Phi) is 3.82. The average molecular weight is 222 g/mol. The lowest BCUT2D eigenvalue weighted by Gasteiger charge is -2.21. The van der Waals surface area contributed by atoms with Crippen LogP contribution in [0.5, 0.6) is 0 Å². The zero-order valence-corrected chi connectivity index (χ0v) is 11.9. The summed E-state index contributed by atoms with van der Waals surface area (Å²) < 4.78 is 2.16. The van der Waals surface area contributed by atoms with E-state index < -0.39 is 0 Å². The summed E-state index contributed by atoms with van der Waals surface area (Å²) in [5.41, 5.74) is 4.08. The maximum atomic E-state index is 4.68. The molecular weight excluding hydrogens is 196 g/mol. The van der Waals surface area contributed by atoms with Crippen molar-refractivity contribution in [1.29, 1.82) is 0 Å². The molecule has 0 spiro atoms. The first-order valence-electron chi connectivity index (χ1n) is 6.29. The Morgan fingerprint density at radius 2 is 1.75 bits per heavy atom. The molecule has 0 amide bonds. The molecule has 0 saturated carbocycles. The standard InChI is InChI=1S/C14H26N2/c1-10(2)8-9-13-11(3)15-16(12(13)4)14(5,6)7/h10H,8-9H2,1-7H3. The minimum absolute atomic E-state index is 0.0882. The SMILES string of the molecule is Cc1nn(C(C)(C)C)c(C)c1CCC(C)C. The van der Waals surface area contributed by atoms with Gasteiger partial charge in [-0.1, -0.05) is 13.8 Å². The van der Waals surface area contributed by atoms with Gasteiger partial charge in [0.25, 0.3) is 0 Å². The third-order valence-electron chi connectivity index (χ3n) is 3.05. The second-order valence-corrected chi connectivity index (χ2v) is 6.16. The maximum Gasteiger partial charge on any atom is 0.0628 e. The largest absolute Gasteiger partial charge is 0.264 e. The van der Waals surface area contributed by atoms with Gasteiger partial charge in [0.05, 0.1) is 11.2 Å². The second kappa shape index (κ2) is 4.60. The summed E-state index contributed by atoms with van der Waals surface area (Å²) in [5, 5.41) is 4.68. The quantitative estimate of drug-likeness (QED) is 0.759. The number of aromatic nitrogens is 2. The van der Waals surface area contributed by atoms with E-state index in [0.717, 1.165) is 12.3 Å². The summed E-state index contributed by atoms with van der Waals surface area (Å²) in [6.45, 7) is 15.5. The van der Waals surface area contributed by atoms with Gasteiger partial charge in [0, 0.05) is 5.69 Å². The topological polar surface area (TPSA) is 17.8 Å². The van der Waals surface area contributed by atoms with Crippen LogP contribution in [-0.2, 0) is 12.0 Å². The molecule has 0 aliphatic heterocycles. The highest BCUT2D eigenvalue weighted by molar-refractivity contribution is 5.25. The molecule has 1 aromatic heterocycles. The number of nitrogens with zero attached hydrogens (tertiary/aromatic N) is 2. The monoisotopic (exact) mass is 222 g/mol. The summed E-state index contributed by atoms with van der Waals surface area (Å²) in [4.78, 5) is 0. The fourth-order valence-electron chi connectivity index (χ4n) is 2.12. The van der Waals surface area contributed by atoms with E-state index in [1.807, 2.05) is 0 Å². The lowest BCUT2D eigenvalue weighted by molar-refractivity contribution is 0.346. The Morgan fingerprint density at radius 3 is 2.12 bits per heavy atom.